The molecule has 10 nitrogen and oxygen atoms in total. The molecule has 38 heavy (non-hydrogen) atoms. The number of nitrogens with zero attached hydrogens (tertiary/aromatic N) is 6. The third-order valence-corrected chi connectivity index (χ3v) is 8.09. The predicted octanol–water partition coefficient (Wildman–Crippen LogP) is 1.60. The average Bonchev–Trinajstić information content (AvgIpc) is 2.92. The fourth-order valence-electron chi connectivity index (χ4n) is 5.86. The van der Waals surface area contributed by atoms with Gasteiger partial charge in [0, 0.05) is 78.4 Å². The molecule has 2 fully saturated rings. The molecule has 0 bridgehead atoms. The summed E-state index contributed by atoms with van der Waals surface area (Å²) in [5.74, 6) is 0.980. The molecule has 2 N–H and O–H groups in total. The van der Waals surface area contributed by atoms with E-state index in [9.17, 15) is 14.7 Å². The number of aliphatic hydroxyl groups is 1. The van der Waals surface area contributed by atoms with Gasteiger partial charge in [0.25, 0.3) is 5.91 Å². The third kappa shape index (κ3) is 5.76. The van der Waals surface area contributed by atoms with E-state index in [1.807, 2.05) is 19.0 Å². The van der Waals surface area contributed by atoms with Crippen molar-refractivity contribution >= 4 is 23.6 Å². The van der Waals surface area contributed by atoms with Crippen LogP contribution >= 0.6 is 0 Å². The highest BCUT2D eigenvalue weighted by atomic mass is 16.3. The number of hydrogen-bond donors (Lipinski definition) is 2. The molecule has 10 heteroatoms. The van der Waals surface area contributed by atoms with Crippen molar-refractivity contribution in [3.63, 3.8) is 0 Å². The maximum Gasteiger partial charge on any atom is 0.272 e. The summed E-state index contributed by atoms with van der Waals surface area (Å²) in [7, 11) is 3.70. The Balaban J connectivity index is 1.24. The van der Waals surface area contributed by atoms with Gasteiger partial charge in [-0.25, -0.2) is 4.98 Å². The largest absolute Gasteiger partial charge is 0.390 e. The van der Waals surface area contributed by atoms with Gasteiger partial charge in [-0.2, -0.15) is 4.98 Å². The van der Waals surface area contributed by atoms with Crippen LogP contribution < -0.4 is 10.2 Å². The molecule has 2 amide bonds. The number of anilines is 2. The molecule has 5 rings (SSSR count). The Bertz CT molecular complexity index is 1160. The maximum absolute atomic E-state index is 13.5. The van der Waals surface area contributed by atoms with Crippen LogP contribution in [0, 0.1) is 0 Å². The molecular formula is C28H39N7O3. The minimum atomic E-state index is -0.614. The van der Waals surface area contributed by atoms with E-state index in [2.05, 4.69) is 44.5 Å². The number of hydrogen-bond acceptors (Lipinski definition) is 8. The fraction of sp³-hybridized carbons (Fsp3) is 0.571. The highest BCUT2D eigenvalue weighted by molar-refractivity contribution is 5.93. The van der Waals surface area contributed by atoms with Crippen LogP contribution in [0.4, 0.5) is 11.8 Å². The van der Waals surface area contributed by atoms with Gasteiger partial charge in [0.2, 0.25) is 11.9 Å². The van der Waals surface area contributed by atoms with Crippen LogP contribution in [0.1, 0.15) is 47.8 Å². The summed E-state index contributed by atoms with van der Waals surface area (Å²) >= 11 is 0. The Morgan fingerprint density at radius 2 is 1.71 bits per heavy atom. The molecule has 2 atom stereocenters. The first kappa shape index (κ1) is 26.4. The number of fused-ring (bicyclic) bond motifs is 1. The number of nitrogens with one attached hydrogen (secondary N) is 1. The molecule has 0 aliphatic carbocycles. The third-order valence-electron chi connectivity index (χ3n) is 8.09. The maximum atomic E-state index is 13.5. The van der Waals surface area contributed by atoms with E-state index >= 15 is 0 Å². The number of aromatic nitrogens is 2. The zero-order valence-electron chi connectivity index (χ0n) is 22.6. The number of amides is 2. The first-order chi connectivity index (χ1) is 18.3. The second-order valence-electron chi connectivity index (χ2n) is 10.9. The summed E-state index contributed by atoms with van der Waals surface area (Å²) in [6.45, 7) is 5.64. The topological polar surface area (TPSA) is 105 Å². The number of carbonyl (C=O) groups is 2. The van der Waals surface area contributed by atoms with Crippen LogP contribution in [0.25, 0.3) is 0 Å². The first-order valence-corrected chi connectivity index (χ1v) is 13.6. The molecular weight excluding hydrogens is 482 g/mol. The van der Waals surface area contributed by atoms with Gasteiger partial charge in [-0.15, -0.1) is 0 Å². The Morgan fingerprint density at radius 3 is 2.39 bits per heavy atom. The quantitative estimate of drug-likeness (QED) is 0.612. The number of β-amino-alcohol motifs (C(OH)–C–C–N with tert-alkyl or cyclic N) is 1. The molecule has 0 unspecified atom stereocenters. The van der Waals surface area contributed by atoms with Crippen LogP contribution in [0.5, 0.6) is 0 Å². The standard InChI is InChI=1S/C28H39N7O3/c1-19(36)33-13-9-22(10-14-33)29-26-16-23(30-28(31-26)32(2)3)27(38)35-15-11-24(25(37)18-35)34-12-8-20-6-4-5-7-21(20)17-34/h4-7,16,22,24-25,37H,8-15,17-18H2,1-3H3,(H,29,30,31)/t24-,25-/m0/s1. The highest BCUT2D eigenvalue weighted by Crippen LogP contribution is 2.26. The van der Waals surface area contributed by atoms with Crippen LogP contribution in [0.3, 0.4) is 0 Å². The Morgan fingerprint density at radius 1 is 1.00 bits per heavy atom. The van der Waals surface area contributed by atoms with E-state index < -0.39 is 6.10 Å². The Hall–Kier alpha value is -3.24. The van der Waals surface area contributed by atoms with Crippen molar-refractivity contribution in [2.24, 2.45) is 0 Å². The lowest BCUT2D eigenvalue weighted by Gasteiger charge is -2.43. The van der Waals surface area contributed by atoms with Crippen molar-refractivity contribution in [2.75, 3.05) is 57.0 Å². The summed E-state index contributed by atoms with van der Waals surface area (Å²) in [6, 6.07) is 10.4. The lowest BCUT2D eigenvalue weighted by atomic mass is 9.94. The predicted molar refractivity (Wildman–Crippen MR) is 146 cm³/mol. The zero-order chi connectivity index (χ0) is 26.8. The van der Waals surface area contributed by atoms with Crippen molar-refractivity contribution in [1.82, 2.24) is 24.7 Å². The molecule has 2 aromatic rings. The molecule has 0 saturated carbocycles. The lowest BCUT2D eigenvalue weighted by Crippen LogP contribution is -2.56. The number of piperidine rings is 2. The Labute approximate surface area is 224 Å². The van der Waals surface area contributed by atoms with Crippen LogP contribution in [-0.4, -0.2) is 107 Å². The number of aliphatic hydroxyl groups excluding tert-OH is 1. The zero-order valence-corrected chi connectivity index (χ0v) is 22.6. The number of rotatable bonds is 5. The van der Waals surface area contributed by atoms with E-state index in [4.69, 9.17) is 0 Å². The van der Waals surface area contributed by atoms with Crippen LogP contribution in [0.2, 0.25) is 0 Å². The van der Waals surface area contributed by atoms with Gasteiger partial charge in [0.15, 0.2) is 0 Å². The van der Waals surface area contributed by atoms with Crippen molar-refractivity contribution in [3.8, 4) is 0 Å². The molecule has 0 radical (unpaired) electrons. The van der Waals surface area contributed by atoms with Crippen molar-refractivity contribution in [2.45, 2.75) is 57.3 Å². The number of likely N-dealkylation sites (tertiary alicyclic amines) is 2. The summed E-state index contributed by atoms with van der Waals surface area (Å²) < 4.78 is 0. The van der Waals surface area contributed by atoms with Gasteiger partial charge in [-0.1, -0.05) is 24.3 Å². The number of carbonyl (C=O) groups excluding carboxylic acids is 2. The Kier molecular flexibility index (Phi) is 7.80. The van der Waals surface area contributed by atoms with E-state index in [0.29, 0.717) is 37.1 Å². The minimum absolute atomic E-state index is 0.0354. The molecule has 2 saturated heterocycles. The lowest BCUT2D eigenvalue weighted by molar-refractivity contribution is -0.129. The van der Waals surface area contributed by atoms with Gasteiger partial charge in [-0.3, -0.25) is 14.5 Å². The molecule has 1 aromatic carbocycles. The summed E-state index contributed by atoms with van der Waals surface area (Å²) in [6.07, 6.45) is 2.74. The van der Waals surface area contributed by atoms with Crippen molar-refractivity contribution in [3.05, 3.63) is 47.2 Å². The van der Waals surface area contributed by atoms with Gasteiger partial charge < -0.3 is 25.1 Å². The minimum Gasteiger partial charge on any atom is -0.390 e. The van der Waals surface area contributed by atoms with Crippen LogP contribution in [0.15, 0.2) is 30.3 Å². The molecule has 1 aromatic heterocycles. The SMILES string of the molecule is CC(=O)N1CCC(Nc2cc(C(=O)N3CC[C@H](N4CCc5ccccc5C4)[C@@H](O)C3)nc(N(C)C)n2)CC1. The summed E-state index contributed by atoms with van der Waals surface area (Å²) in [4.78, 5) is 42.1. The van der Waals surface area contributed by atoms with Crippen molar-refractivity contribution in [1.29, 1.82) is 0 Å². The molecule has 3 aliphatic rings. The molecule has 0 spiro atoms. The monoisotopic (exact) mass is 521 g/mol. The first-order valence-electron chi connectivity index (χ1n) is 13.6. The summed E-state index contributed by atoms with van der Waals surface area (Å²) in [5.41, 5.74) is 3.04. The second-order valence-corrected chi connectivity index (χ2v) is 10.9. The van der Waals surface area contributed by atoms with E-state index in [1.54, 1.807) is 22.8 Å². The van der Waals surface area contributed by atoms with Gasteiger partial charge in [0.05, 0.1) is 6.10 Å². The van der Waals surface area contributed by atoms with Crippen molar-refractivity contribution < 1.29 is 14.7 Å². The van der Waals surface area contributed by atoms with E-state index in [-0.39, 0.29) is 30.4 Å². The van der Waals surface area contributed by atoms with E-state index in [0.717, 1.165) is 38.8 Å². The molecule has 204 valence electrons. The normalized spacial score (nSPS) is 22.6. The fourth-order valence-corrected chi connectivity index (χ4v) is 5.86. The second kappa shape index (κ2) is 11.2. The van der Waals surface area contributed by atoms with E-state index in [1.165, 1.54) is 11.1 Å². The molecule has 4 heterocycles. The summed E-state index contributed by atoms with van der Waals surface area (Å²) in [5, 5.41) is 14.6. The van der Waals surface area contributed by atoms with Gasteiger partial charge >= 0.3 is 0 Å². The highest BCUT2D eigenvalue weighted by Gasteiger charge is 2.36. The smallest absolute Gasteiger partial charge is 0.272 e. The van der Waals surface area contributed by atoms with Gasteiger partial charge in [-0.05, 0) is 36.8 Å². The number of benzene rings is 1. The molecule has 3 aliphatic heterocycles. The van der Waals surface area contributed by atoms with Gasteiger partial charge in [0.1, 0.15) is 11.5 Å². The van der Waals surface area contributed by atoms with Crippen LogP contribution in [-0.2, 0) is 17.8 Å². The average molecular weight is 522 g/mol.